The van der Waals surface area contributed by atoms with E-state index < -0.39 is 0 Å². The Kier molecular flexibility index (Phi) is 7.91. The summed E-state index contributed by atoms with van der Waals surface area (Å²) < 4.78 is 12.2. The number of nitrogens with zero attached hydrogens (tertiary/aromatic N) is 1. The second-order valence-corrected chi connectivity index (χ2v) is 8.17. The van der Waals surface area contributed by atoms with E-state index in [-0.39, 0.29) is 24.0 Å². The van der Waals surface area contributed by atoms with Gasteiger partial charge < -0.3 is 14.4 Å². The number of piperidine rings is 1. The van der Waals surface area contributed by atoms with E-state index in [4.69, 9.17) is 9.47 Å². The monoisotopic (exact) mass is 473 g/mol. The van der Waals surface area contributed by atoms with E-state index in [1.807, 2.05) is 61.2 Å². The van der Waals surface area contributed by atoms with Gasteiger partial charge in [-0.05, 0) is 44.4 Å². The van der Waals surface area contributed by atoms with E-state index in [9.17, 15) is 9.59 Å². The van der Waals surface area contributed by atoms with Gasteiger partial charge in [-0.1, -0.05) is 46.3 Å². The molecule has 1 amide bonds. The highest BCUT2D eigenvalue weighted by atomic mass is 79.9. The highest BCUT2D eigenvalue weighted by Crippen LogP contribution is 2.34. The molecule has 0 aromatic heterocycles. The maximum atomic E-state index is 12.9. The van der Waals surface area contributed by atoms with Crippen LogP contribution in [0, 0.1) is 5.92 Å². The van der Waals surface area contributed by atoms with Crippen molar-refractivity contribution in [3.63, 3.8) is 0 Å². The van der Waals surface area contributed by atoms with Gasteiger partial charge in [0, 0.05) is 29.0 Å². The number of likely N-dealkylation sites (tertiary alicyclic amines) is 1. The van der Waals surface area contributed by atoms with Gasteiger partial charge in [0.05, 0.1) is 19.6 Å². The van der Waals surface area contributed by atoms with Gasteiger partial charge in [-0.15, -0.1) is 0 Å². The van der Waals surface area contributed by atoms with Gasteiger partial charge in [-0.3, -0.25) is 9.59 Å². The fourth-order valence-corrected chi connectivity index (χ4v) is 4.22. The van der Waals surface area contributed by atoms with Crippen LogP contribution in [-0.2, 0) is 11.2 Å². The van der Waals surface area contributed by atoms with Crippen LogP contribution in [0.25, 0.3) is 0 Å². The summed E-state index contributed by atoms with van der Waals surface area (Å²) in [6, 6.07) is 13.1. The summed E-state index contributed by atoms with van der Waals surface area (Å²) in [6.45, 7) is 6.13. The molecule has 0 saturated carbocycles. The Hall–Kier alpha value is -2.34. The van der Waals surface area contributed by atoms with E-state index in [1.165, 1.54) is 0 Å². The van der Waals surface area contributed by atoms with E-state index in [2.05, 4.69) is 15.9 Å². The van der Waals surface area contributed by atoms with E-state index in [0.29, 0.717) is 50.6 Å². The summed E-state index contributed by atoms with van der Waals surface area (Å²) in [6.07, 6.45) is 1.69. The van der Waals surface area contributed by atoms with E-state index in [0.717, 1.165) is 15.6 Å². The summed E-state index contributed by atoms with van der Waals surface area (Å²) >= 11 is 3.56. The van der Waals surface area contributed by atoms with E-state index in [1.54, 1.807) is 0 Å². The number of amides is 1. The average Bonchev–Trinajstić information content (AvgIpc) is 2.77. The molecule has 30 heavy (non-hydrogen) atoms. The van der Waals surface area contributed by atoms with Gasteiger partial charge in [0.25, 0.3) is 0 Å². The first-order valence-electron chi connectivity index (χ1n) is 10.5. The van der Waals surface area contributed by atoms with Crippen LogP contribution >= 0.6 is 15.9 Å². The number of ether oxygens (including phenoxy) is 2. The topological polar surface area (TPSA) is 55.8 Å². The lowest BCUT2D eigenvalue weighted by molar-refractivity contribution is -0.131. The first-order chi connectivity index (χ1) is 14.5. The number of carbonyl (C=O) groups excluding carboxylic acids is 2. The van der Waals surface area contributed by atoms with Crippen molar-refractivity contribution in [1.82, 2.24) is 4.90 Å². The zero-order valence-corrected chi connectivity index (χ0v) is 19.1. The highest BCUT2D eigenvalue weighted by Gasteiger charge is 2.28. The van der Waals surface area contributed by atoms with Gasteiger partial charge in [0.15, 0.2) is 17.3 Å². The molecule has 0 aliphatic carbocycles. The molecule has 0 spiro atoms. The fourth-order valence-electron chi connectivity index (χ4n) is 3.75. The number of carbonyl (C=O) groups is 2. The minimum Gasteiger partial charge on any atom is -0.490 e. The summed E-state index contributed by atoms with van der Waals surface area (Å²) in [5.41, 5.74) is 1.62. The molecule has 1 aliphatic rings. The molecular weight excluding hydrogens is 446 g/mol. The third-order valence-electron chi connectivity index (χ3n) is 5.33. The standard InChI is InChI=1S/C24H28BrNO4/c1-3-29-21-14-19(20(25)16-22(21)30-4-2)15-23(27)26-12-10-18(11-13-26)24(28)17-8-6-5-7-9-17/h5-9,14,16,18H,3-4,10-13,15H2,1-2H3. The molecule has 6 heteroatoms. The highest BCUT2D eigenvalue weighted by molar-refractivity contribution is 9.10. The van der Waals surface area contributed by atoms with Crippen molar-refractivity contribution in [3.8, 4) is 11.5 Å². The van der Waals surface area contributed by atoms with Crippen molar-refractivity contribution in [2.45, 2.75) is 33.1 Å². The van der Waals surface area contributed by atoms with Crippen LogP contribution in [0.15, 0.2) is 46.9 Å². The Bertz CT molecular complexity index is 876. The van der Waals surface area contributed by atoms with Crippen molar-refractivity contribution >= 4 is 27.6 Å². The van der Waals surface area contributed by atoms with Crippen molar-refractivity contribution in [2.24, 2.45) is 5.92 Å². The van der Waals surface area contributed by atoms with Crippen molar-refractivity contribution in [2.75, 3.05) is 26.3 Å². The third-order valence-corrected chi connectivity index (χ3v) is 6.07. The van der Waals surface area contributed by atoms with Crippen LogP contribution in [0.5, 0.6) is 11.5 Å². The zero-order chi connectivity index (χ0) is 21.5. The lowest BCUT2D eigenvalue weighted by atomic mass is 9.88. The number of benzene rings is 2. The molecule has 1 aliphatic heterocycles. The number of halogens is 1. The van der Waals surface area contributed by atoms with Gasteiger partial charge >= 0.3 is 0 Å². The van der Waals surface area contributed by atoms with Crippen LogP contribution in [0.2, 0.25) is 0 Å². The molecular formula is C24H28BrNO4. The number of hydrogen-bond donors (Lipinski definition) is 0. The van der Waals surface area contributed by atoms with Crippen LogP contribution in [0.1, 0.15) is 42.6 Å². The first-order valence-corrected chi connectivity index (χ1v) is 11.3. The number of rotatable bonds is 8. The molecule has 0 unspecified atom stereocenters. The first kappa shape index (κ1) is 22.3. The lowest BCUT2D eigenvalue weighted by Gasteiger charge is -2.31. The second kappa shape index (κ2) is 10.6. The van der Waals surface area contributed by atoms with Gasteiger partial charge in [0.2, 0.25) is 5.91 Å². The average molecular weight is 474 g/mol. The Morgan fingerprint density at radius 2 is 1.60 bits per heavy atom. The van der Waals surface area contributed by atoms with Crippen LogP contribution in [-0.4, -0.2) is 42.9 Å². The molecule has 0 radical (unpaired) electrons. The molecule has 0 N–H and O–H groups in total. The smallest absolute Gasteiger partial charge is 0.227 e. The normalized spacial score (nSPS) is 14.4. The number of Topliss-reactive ketones (excluding diaryl/α,β-unsaturated/α-hetero) is 1. The van der Waals surface area contributed by atoms with Crippen LogP contribution in [0.3, 0.4) is 0 Å². The number of hydrogen-bond acceptors (Lipinski definition) is 4. The van der Waals surface area contributed by atoms with E-state index >= 15 is 0 Å². The predicted molar refractivity (Wildman–Crippen MR) is 120 cm³/mol. The summed E-state index contributed by atoms with van der Waals surface area (Å²) in [7, 11) is 0. The minimum absolute atomic E-state index is 0.0155. The second-order valence-electron chi connectivity index (χ2n) is 7.32. The molecule has 2 aromatic rings. The maximum Gasteiger partial charge on any atom is 0.227 e. The van der Waals surface area contributed by atoms with Crippen LogP contribution in [0.4, 0.5) is 0 Å². The van der Waals surface area contributed by atoms with Gasteiger partial charge in [0.1, 0.15) is 0 Å². The van der Waals surface area contributed by atoms with Gasteiger partial charge in [-0.25, -0.2) is 0 Å². The summed E-state index contributed by atoms with van der Waals surface area (Å²) in [5.74, 6) is 1.55. The summed E-state index contributed by atoms with van der Waals surface area (Å²) in [5, 5.41) is 0. The SMILES string of the molecule is CCOc1cc(Br)c(CC(=O)N2CCC(C(=O)c3ccccc3)CC2)cc1OCC. The molecule has 1 saturated heterocycles. The fraction of sp³-hybridized carbons (Fsp3) is 0.417. The third kappa shape index (κ3) is 5.42. The Labute approximate surface area is 186 Å². The largest absolute Gasteiger partial charge is 0.490 e. The Morgan fingerprint density at radius 1 is 1.00 bits per heavy atom. The molecule has 2 aromatic carbocycles. The zero-order valence-electron chi connectivity index (χ0n) is 17.5. The van der Waals surface area contributed by atoms with Crippen LogP contribution < -0.4 is 9.47 Å². The maximum absolute atomic E-state index is 12.9. The van der Waals surface area contributed by atoms with Crippen molar-refractivity contribution < 1.29 is 19.1 Å². The molecule has 0 atom stereocenters. The van der Waals surface area contributed by atoms with Crippen molar-refractivity contribution in [3.05, 3.63) is 58.1 Å². The lowest BCUT2D eigenvalue weighted by Crippen LogP contribution is -2.41. The molecule has 5 nitrogen and oxygen atoms in total. The Balaban J connectivity index is 1.62. The Morgan fingerprint density at radius 3 is 2.20 bits per heavy atom. The minimum atomic E-state index is -0.0155. The molecule has 0 bridgehead atoms. The quantitative estimate of drug-likeness (QED) is 0.511. The molecule has 3 rings (SSSR count). The molecule has 160 valence electrons. The molecule has 1 fully saturated rings. The molecule has 1 heterocycles. The predicted octanol–water partition coefficient (Wildman–Crippen LogP) is 4.91. The van der Waals surface area contributed by atoms with Crippen molar-refractivity contribution in [1.29, 1.82) is 0 Å². The van der Waals surface area contributed by atoms with Gasteiger partial charge in [-0.2, -0.15) is 0 Å². The number of ketones is 1. The summed E-state index contributed by atoms with van der Waals surface area (Å²) in [4.78, 5) is 27.4.